The Kier molecular flexibility index (Phi) is 11.4. The summed E-state index contributed by atoms with van der Waals surface area (Å²) >= 11 is 0. The number of nitrogens with one attached hydrogen (secondary N) is 4. The maximum absolute atomic E-state index is 13.6. The Hall–Kier alpha value is -5.44. The molecule has 0 aliphatic rings. The molecule has 0 saturated heterocycles. The number of aromatic nitrogens is 1. The van der Waals surface area contributed by atoms with E-state index in [1.165, 1.54) is 24.3 Å². The van der Waals surface area contributed by atoms with E-state index in [0.29, 0.717) is 11.1 Å². The van der Waals surface area contributed by atoms with Gasteiger partial charge in [0.1, 0.15) is 23.9 Å². The number of phenolic OH excluding ortho intramolecular Hbond substituents is 1. The summed E-state index contributed by atoms with van der Waals surface area (Å²) < 4.78 is 0. The number of carboxylic acids is 3. The molecule has 15 heteroatoms. The van der Waals surface area contributed by atoms with Crippen LogP contribution in [-0.2, 0) is 41.6 Å². The number of phenols is 1. The highest BCUT2D eigenvalue weighted by atomic mass is 16.4. The van der Waals surface area contributed by atoms with Gasteiger partial charge in [-0.3, -0.25) is 24.0 Å². The molecule has 0 bridgehead atoms. The van der Waals surface area contributed by atoms with Crippen molar-refractivity contribution in [2.45, 2.75) is 56.3 Å². The monoisotopic (exact) mass is 611 g/mol. The first-order valence-corrected chi connectivity index (χ1v) is 13.5. The van der Waals surface area contributed by atoms with Gasteiger partial charge in [0.2, 0.25) is 17.7 Å². The number of aliphatic carboxylic acids is 3. The third-order valence-electron chi connectivity index (χ3n) is 6.74. The lowest BCUT2D eigenvalue weighted by Crippen LogP contribution is -2.58. The molecule has 0 aliphatic heterocycles. The predicted octanol–water partition coefficient (Wildman–Crippen LogP) is -0.135. The number of hydrogen-bond acceptors (Lipinski definition) is 8. The van der Waals surface area contributed by atoms with Gasteiger partial charge in [0.25, 0.3) is 0 Å². The number of fused-ring (bicyclic) bond motifs is 1. The molecule has 0 aliphatic carbocycles. The van der Waals surface area contributed by atoms with Crippen LogP contribution in [0.1, 0.15) is 30.4 Å². The molecule has 3 rings (SSSR count). The summed E-state index contributed by atoms with van der Waals surface area (Å²) in [6, 6.07) is 7.04. The first-order chi connectivity index (χ1) is 20.8. The largest absolute Gasteiger partial charge is 0.508 e. The van der Waals surface area contributed by atoms with Crippen LogP contribution in [-0.4, -0.2) is 85.2 Å². The van der Waals surface area contributed by atoms with E-state index in [1.54, 1.807) is 30.5 Å². The van der Waals surface area contributed by atoms with Crippen LogP contribution >= 0.6 is 0 Å². The Bertz CT molecular complexity index is 1520. The zero-order chi connectivity index (χ0) is 32.4. The number of aromatic amines is 1. The molecule has 2 aromatic carbocycles. The number of amides is 3. The Morgan fingerprint density at radius 3 is 1.95 bits per heavy atom. The molecule has 15 nitrogen and oxygen atoms in total. The molecule has 4 unspecified atom stereocenters. The van der Waals surface area contributed by atoms with Crippen LogP contribution in [0.5, 0.6) is 5.75 Å². The summed E-state index contributed by atoms with van der Waals surface area (Å²) in [4.78, 5) is 76.6. The minimum absolute atomic E-state index is 0.0423. The predicted molar refractivity (Wildman–Crippen MR) is 154 cm³/mol. The van der Waals surface area contributed by atoms with Crippen LogP contribution in [0.2, 0.25) is 0 Å². The van der Waals surface area contributed by atoms with E-state index in [0.717, 1.165) is 10.9 Å². The number of aromatic hydroxyl groups is 1. The number of benzene rings is 2. The average Bonchev–Trinajstić information content (AvgIpc) is 3.38. The van der Waals surface area contributed by atoms with Crippen molar-refractivity contribution in [1.82, 2.24) is 20.9 Å². The summed E-state index contributed by atoms with van der Waals surface area (Å²) in [6.45, 7) is 0. The molecule has 1 aromatic heterocycles. The molecule has 3 amide bonds. The van der Waals surface area contributed by atoms with Gasteiger partial charge in [-0.1, -0.05) is 30.3 Å². The molecular weight excluding hydrogens is 578 g/mol. The van der Waals surface area contributed by atoms with Crippen molar-refractivity contribution < 1.29 is 49.2 Å². The maximum atomic E-state index is 13.6. The molecule has 0 radical (unpaired) electrons. The number of rotatable bonds is 16. The van der Waals surface area contributed by atoms with Crippen LogP contribution in [0.4, 0.5) is 0 Å². The van der Waals surface area contributed by atoms with Crippen LogP contribution in [0.25, 0.3) is 10.9 Å². The lowest BCUT2D eigenvalue weighted by molar-refractivity contribution is -0.147. The van der Waals surface area contributed by atoms with Crippen molar-refractivity contribution >= 4 is 46.5 Å². The number of hydrogen-bond donors (Lipinski definition) is 9. The zero-order valence-electron chi connectivity index (χ0n) is 23.4. The average molecular weight is 612 g/mol. The van der Waals surface area contributed by atoms with Gasteiger partial charge in [-0.15, -0.1) is 0 Å². The van der Waals surface area contributed by atoms with Crippen LogP contribution in [0, 0.1) is 0 Å². The van der Waals surface area contributed by atoms with Crippen molar-refractivity contribution in [3.63, 3.8) is 0 Å². The topological polar surface area (TPSA) is 261 Å². The third kappa shape index (κ3) is 9.55. The van der Waals surface area contributed by atoms with Crippen LogP contribution < -0.4 is 21.7 Å². The number of H-pyrrole nitrogens is 1. The molecule has 3 aromatic rings. The lowest BCUT2D eigenvalue weighted by atomic mass is 10.0. The van der Waals surface area contributed by atoms with Crippen LogP contribution in [0.3, 0.4) is 0 Å². The maximum Gasteiger partial charge on any atom is 0.326 e. The van der Waals surface area contributed by atoms with Crippen molar-refractivity contribution in [3.05, 3.63) is 65.9 Å². The summed E-state index contributed by atoms with van der Waals surface area (Å²) in [5.74, 6) is -6.93. The fraction of sp³-hybridized carbons (Fsp3) is 0.310. The minimum Gasteiger partial charge on any atom is -0.508 e. The quantitative estimate of drug-likeness (QED) is 0.103. The fourth-order valence-electron chi connectivity index (χ4n) is 4.41. The number of carbonyl (C=O) groups excluding carboxylic acids is 3. The first-order valence-electron chi connectivity index (χ1n) is 13.5. The van der Waals surface area contributed by atoms with Crippen molar-refractivity contribution in [2.24, 2.45) is 5.73 Å². The summed E-state index contributed by atoms with van der Waals surface area (Å²) in [5, 5.41) is 45.0. The summed E-state index contributed by atoms with van der Waals surface area (Å²) in [6.07, 6.45) is -0.165. The Balaban J connectivity index is 1.90. The van der Waals surface area contributed by atoms with Crippen LogP contribution in [0.15, 0.2) is 54.7 Å². The number of carboxylic acid groups (broad SMARTS) is 3. The van der Waals surface area contributed by atoms with Crippen molar-refractivity contribution in [1.29, 1.82) is 0 Å². The Labute approximate surface area is 250 Å². The zero-order valence-corrected chi connectivity index (χ0v) is 23.4. The van der Waals surface area contributed by atoms with Gasteiger partial charge in [-0.2, -0.15) is 0 Å². The molecule has 4 atom stereocenters. The van der Waals surface area contributed by atoms with E-state index in [1.807, 2.05) is 0 Å². The molecule has 0 spiro atoms. The minimum atomic E-state index is -1.79. The molecule has 234 valence electrons. The first kappa shape index (κ1) is 33.1. The lowest BCUT2D eigenvalue weighted by Gasteiger charge is -2.25. The number of para-hydroxylation sites is 1. The molecule has 44 heavy (non-hydrogen) atoms. The molecule has 10 N–H and O–H groups in total. The molecule has 1 heterocycles. The molecule has 0 fully saturated rings. The second kappa shape index (κ2) is 15.2. The fourth-order valence-corrected chi connectivity index (χ4v) is 4.41. The molecular formula is C29H33N5O10. The van der Waals surface area contributed by atoms with Gasteiger partial charge in [0.05, 0.1) is 12.5 Å². The highest BCUT2D eigenvalue weighted by molar-refractivity contribution is 5.95. The van der Waals surface area contributed by atoms with E-state index in [4.69, 9.17) is 15.9 Å². The van der Waals surface area contributed by atoms with Gasteiger partial charge >= 0.3 is 17.9 Å². The molecule has 0 saturated carbocycles. The van der Waals surface area contributed by atoms with E-state index < -0.39 is 72.6 Å². The standard InChI is InChI=1S/C29H33N5O10/c30-19(9-10-24(36)37)26(40)32-21(11-15-5-7-17(35)8-6-15)27(41)33-22(28(42)34-23(29(43)44)13-25(38)39)12-16-14-31-20-4-2-1-3-18(16)20/h1-8,14,19,21-23,31,35H,9-13,30H2,(H,32,40)(H,33,41)(H,34,42)(H,36,37)(H,38,39)(H,43,44). The summed E-state index contributed by atoms with van der Waals surface area (Å²) in [7, 11) is 0. The second-order valence-corrected chi connectivity index (χ2v) is 10.1. The van der Waals surface area contributed by atoms with Gasteiger partial charge in [-0.25, -0.2) is 4.79 Å². The summed E-state index contributed by atoms with van der Waals surface area (Å²) in [5.41, 5.74) is 7.65. The van der Waals surface area contributed by atoms with Gasteiger partial charge in [0, 0.05) is 36.4 Å². The number of carbonyl (C=O) groups is 6. The van der Waals surface area contributed by atoms with Crippen molar-refractivity contribution in [2.75, 3.05) is 0 Å². The highest BCUT2D eigenvalue weighted by Crippen LogP contribution is 2.20. The SMILES string of the molecule is NC(CCC(=O)O)C(=O)NC(Cc1ccc(O)cc1)C(=O)NC(Cc1c[nH]c2ccccc12)C(=O)NC(CC(=O)O)C(=O)O. The smallest absolute Gasteiger partial charge is 0.326 e. The van der Waals surface area contributed by atoms with Gasteiger partial charge in [-0.05, 0) is 35.7 Å². The van der Waals surface area contributed by atoms with Crippen molar-refractivity contribution in [3.8, 4) is 5.75 Å². The van der Waals surface area contributed by atoms with E-state index >= 15 is 0 Å². The van der Waals surface area contributed by atoms with Gasteiger partial charge in [0.15, 0.2) is 0 Å². The Morgan fingerprint density at radius 1 is 0.750 bits per heavy atom. The van der Waals surface area contributed by atoms with E-state index in [2.05, 4.69) is 20.9 Å². The third-order valence-corrected chi connectivity index (χ3v) is 6.74. The number of nitrogens with two attached hydrogens (primary N) is 1. The highest BCUT2D eigenvalue weighted by Gasteiger charge is 2.32. The van der Waals surface area contributed by atoms with Gasteiger partial charge < -0.3 is 47.1 Å². The van der Waals surface area contributed by atoms with E-state index in [-0.39, 0.29) is 25.0 Å². The normalized spacial score (nSPS) is 13.7. The van der Waals surface area contributed by atoms with E-state index in [9.17, 15) is 39.0 Å². The Morgan fingerprint density at radius 2 is 1.34 bits per heavy atom. The second-order valence-electron chi connectivity index (χ2n) is 10.1.